The third kappa shape index (κ3) is 4.14. The van der Waals surface area contributed by atoms with Crippen LogP contribution in [0, 0.1) is 0 Å². The monoisotopic (exact) mass is 464 g/mol. The number of carboxylic acids is 1. The van der Waals surface area contributed by atoms with E-state index in [9.17, 15) is 19.5 Å². The number of hydrogen-bond donors (Lipinski definition) is 3. The van der Waals surface area contributed by atoms with Crippen LogP contribution in [-0.4, -0.2) is 63.9 Å². The Bertz CT molecular complexity index is 1090. The van der Waals surface area contributed by atoms with Crippen LogP contribution in [0.3, 0.4) is 0 Å². The largest absolute Gasteiger partial charge is 0.479 e. The Morgan fingerprint density at radius 1 is 0.941 bits per heavy atom. The minimum Gasteiger partial charge on any atom is -0.479 e. The number of amides is 2. The van der Waals surface area contributed by atoms with E-state index in [1.54, 1.807) is 4.90 Å². The van der Waals surface area contributed by atoms with E-state index in [1.165, 1.54) is 0 Å². The predicted octanol–water partition coefficient (Wildman–Crippen LogP) is 2.89. The number of alkyl carbamates (subject to hydrolysis) is 1. The zero-order valence-corrected chi connectivity index (χ0v) is 18.8. The van der Waals surface area contributed by atoms with Crippen molar-refractivity contribution in [1.82, 2.24) is 10.2 Å². The second kappa shape index (κ2) is 8.43. The summed E-state index contributed by atoms with van der Waals surface area (Å²) in [4.78, 5) is 38.2. The first-order valence-electron chi connectivity index (χ1n) is 11.7. The molecule has 0 spiro atoms. The maximum atomic E-state index is 12.8. The van der Waals surface area contributed by atoms with E-state index < -0.39 is 23.2 Å². The van der Waals surface area contributed by atoms with Gasteiger partial charge in [0.25, 0.3) is 0 Å². The number of hydrogen-bond acceptors (Lipinski definition) is 5. The first-order valence-corrected chi connectivity index (χ1v) is 11.7. The van der Waals surface area contributed by atoms with Crippen molar-refractivity contribution in [2.75, 3.05) is 19.7 Å². The van der Waals surface area contributed by atoms with Crippen molar-refractivity contribution in [2.24, 2.45) is 0 Å². The highest BCUT2D eigenvalue weighted by Gasteiger charge is 2.48. The molecule has 34 heavy (non-hydrogen) atoms. The van der Waals surface area contributed by atoms with Crippen LogP contribution >= 0.6 is 0 Å². The van der Waals surface area contributed by atoms with Crippen molar-refractivity contribution in [2.45, 2.75) is 49.2 Å². The number of carboxylic acid groups (broad SMARTS) is 1. The van der Waals surface area contributed by atoms with Gasteiger partial charge in [0.15, 0.2) is 5.60 Å². The molecule has 2 aliphatic carbocycles. The molecule has 8 heteroatoms. The standard InChI is InChI=1S/C26H28N2O6/c29-22(28-13-11-26(33,12-14-28)23(30)31)15-25(9-10-25)27-24(32)34-16-21-19-7-3-1-5-17(19)18-6-2-4-8-20(18)21/h1-8,21,33H,9-16H2,(H,27,32)(H,30,31). The molecule has 5 rings (SSSR count). The Balaban J connectivity index is 1.16. The van der Waals surface area contributed by atoms with Crippen molar-refractivity contribution in [3.05, 3.63) is 59.7 Å². The molecule has 8 nitrogen and oxygen atoms in total. The van der Waals surface area contributed by atoms with Gasteiger partial charge in [0.05, 0.1) is 12.0 Å². The van der Waals surface area contributed by atoms with E-state index >= 15 is 0 Å². The van der Waals surface area contributed by atoms with E-state index in [4.69, 9.17) is 9.84 Å². The lowest BCUT2D eigenvalue weighted by molar-refractivity contribution is -0.165. The molecule has 0 bridgehead atoms. The number of nitrogens with one attached hydrogen (secondary N) is 1. The predicted molar refractivity (Wildman–Crippen MR) is 123 cm³/mol. The fourth-order valence-corrected chi connectivity index (χ4v) is 5.09. The molecule has 2 fully saturated rings. The van der Waals surface area contributed by atoms with Gasteiger partial charge in [0, 0.05) is 31.8 Å². The first-order chi connectivity index (χ1) is 16.3. The number of nitrogens with zero attached hydrogens (tertiary/aromatic N) is 1. The van der Waals surface area contributed by atoms with Gasteiger partial charge in [-0.25, -0.2) is 9.59 Å². The van der Waals surface area contributed by atoms with Gasteiger partial charge in [-0.1, -0.05) is 48.5 Å². The van der Waals surface area contributed by atoms with Crippen LogP contribution in [-0.2, 0) is 14.3 Å². The highest BCUT2D eigenvalue weighted by atomic mass is 16.5. The fraction of sp³-hybridized carbons (Fsp3) is 0.423. The van der Waals surface area contributed by atoms with Gasteiger partial charge in [-0.05, 0) is 35.1 Å². The highest BCUT2D eigenvalue weighted by Crippen LogP contribution is 2.45. The first kappa shape index (κ1) is 22.4. The number of aliphatic carboxylic acids is 1. The number of carbonyl (C=O) groups excluding carboxylic acids is 2. The van der Waals surface area contributed by atoms with E-state index in [0.29, 0.717) is 12.8 Å². The number of likely N-dealkylation sites (tertiary alicyclic amines) is 1. The van der Waals surface area contributed by atoms with Gasteiger partial charge in [0.2, 0.25) is 5.91 Å². The minimum absolute atomic E-state index is 0.000873. The molecule has 2 aromatic carbocycles. The molecule has 1 saturated carbocycles. The third-order valence-electron chi connectivity index (χ3n) is 7.40. The molecule has 0 radical (unpaired) electrons. The Morgan fingerprint density at radius 2 is 1.50 bits per heavy atom. The molecule has 178 valence electrons. The summed E-state index contributed by atoms with van der Waals surface area (Å²) in [5.41, 5.74) is 2.21. The van der Waals surface area contributed by atoms with Crippen molar-refractivity contribution in [3.8, 4) is 11.1 Å². The van der Waals surface area contributed by atoms with Gasteiger partial charge in [0.1, 0.15) is 6.61 Å². The van der Waals surface area contributed by atoms with E-state index in [0.717, 1.165) is 22.3 Å². The van der Waals surface area contributed by atoms with Crippen LogP contribution in [0.25, 0.3) is 11.1 Å². The number of benzene rings is 2. The van der Waals surface area contributed by atoms with E-state index in [2.05, 4.69) is 29.6 Å². The molecule has 2 aromatic rings. The summed E-state index contributed by atoms with van der Waals surface area (Å²) in [6.07, 6.45) is 0.988. The average molecular weight is 465 g/mol. The zero-order chi connectivity index (χ0) is 23.9. The molecule has 2 amide bonds. The maximum Gasteiger partial charge on any atom is 0.407 e. The lowest BCUT2D eigenvalue weighted by Gasteiger charge is -2.36. The normalized spacial score (nSPS) is 19.6. The van der Waals surface area contributed by atoms with Crippen LogP contribution in [0.5, 0.6) is 0 Å². The molecule has 0 unspecified atom stereocenters. The average Bonchev–Trinajstić information content (AvgIpc) is 3.50. The van der Waals surface area contributed by atoms with Crippen molar-refractivity contribution in [1.29, 1.82) is 0 Å². The fourth-order valence-electron chi connectivity index (χ4n) is 5.09. The zero-order valence-electron chi connectivity index (χ0n) is 18.8. The number of ether oxygens (including phenoxy) is 1. The maximum absolute atomic E-state index is 12.8. The van der Waals surface area contributed by atoms with Crippen LogP contribution in [0.2, 0.25) is 0 Å². The van der Waals surface area contributed by atoms with Crippen molar-refractivity contribution >= 4 is 18.0 Å². The summed E-state index contributed by atoms with van der Waals surface area (Å²) in [5.74, 6) is -1.43. The molecular weight excluding hydrogens is 436 g/mol. The lowest BCUT2D eigenvalue weighted by Crippen LogP contribution is -2.52. The van der Waals surface area contributed by atoms with Gasteiger partial charge in [-0.3, -0.25) is 4.79 Å². The van der Waals surface area contributed by atoms with Gasteiger partial charge in [-0.15, -0.1) is 0 Å². The summed E-state index contributed by atoms with van der Waals surface area (Å²) >= 11 is 0. The Labute approximate surface area is 197 Å². The Hall–Kier alpha value is -3.39. The van der Waals surface area contributed by atoms with Gasteiger partial charge in [-0.2, -0.15) is 0 Å². The number of rotatable bonds is 6. The van der Waals surface area contributed by atoms with Crippen LogP contribution < -0.4 is 5.32 Å². The molecule has 3 N–H and O–H groups in total. The number of fused-ring (bicyclic) bond motifs is 3. The third-order valence-corrected chi connectivity index (χ3v) is 7.40. The van der Waals surface area contributed by atoms with Crippen LogP contribution in [0.1, 0.15) is 49.1 Å². The smallest absolute Gasteiger partial charge is 0.407 e. The summed E-state index contributed by atoms with van der Waals surface area (Å²) in [5, 5.41) is 22.1. The molecule has 0 aromatic heterocycles. The van der Waals surface area contributed by atoms with Crippen molar-refractivity contribution in [3.63, 3.8) is 0 Å². The van der Waals surface area contributed by atoms with Crippen LogP contribution in [0.4, 0.5) is 4.79 Å². The molecule has 1 heterocycles. The Kier molecular flexibility index (Phi) is 5.56. The lowest BCUT2D eigenvalue weighted by atomic mass is 9.91. The second-order valence-corrected chi connectivity index (χ2v) is 9.63. The highest BCUT2D eigenvalue weighted by molar-refractivity contribution is 5.82. The number of carbonyl (C=O) groups is 3. The molecular formula is C26H28N2O6. The van der Waals surface area contributed by atoms with E-state index in [1.807, 2.05) is 24.3 Å². The number of aliphatic hydroxyl groups is 1. The van der Waals surface area contributed by atoms with Gasteiger partial charge >= 0.3 is 12.1 Å². The Morgan fingerprint density at radius 3 is 2.03 bits per heavy atom. The minimum atomic E-state index is -1.77. The van der Waals surface area contributed by atoms with Crippen LogP contribution in [0.15, 0.2) is 48.5 Å². The molecule has 3 aliphatic rings. The van der Waals surface area contributed by atoms with Crippen molar-refractivity contribution < 1.29 is 29.3 Å². The summed E-state index contributed by atoms with van der Waals surface area (Å²) in [6, 6.07) is 16.3. The summed E-state index contributed by atoms with van der Waals surface area (Å²) in [7, 11) is 0. The van der Waals surface area contributed by atoms with E-state index in [-0.39, 0.29) is 50.8 Å². The molecule has 1 saturated heterocycles. The molecule has 1 aliphatic heterocycles. The quantitative estimate of drug-likeness (QED) is 0.605. The summed E-state index contributed by atoms with van der Waals surface area (Å²) in [6.45, 7) is 0.578. The number of piperidine rings is 1. The molecule has 0 atom stereocenters. The van der Waals surface area contributed by atoms with Gasteiger partial charge < -0.3 is 25.2 Å². The summed E-state index contributed by atoms with van der Waals surface area (Å²) < 4.78 is 5.62. The SMILES string of the molecule is O=C(NC1(CC(=O)N2CCC(O)(C(=O)O)CC2)CC1)OCC1c2ccccc2-c2ccccc21. The second-order valence-electron chi connectivity index (χ2n) is 9.63. The topological polar surface area (TPSA) is 116 Å².